The van der Waals surface area contributed by atoms with Gasteiger partial charge in [-0.05, 0) is 34.9 Å². The van der Waals surface area contributed by atoms with E-state index in [1.165, 1.54) is 0 Å². The molecule has 1 aliphatic carbocycles. The van der Waals surface area contributed by atoms with Gasteiger partial charge in [0.2, 0.25) is 7.14 Å². The SMILES string of the molecule is CC1C2=CC=CC(c3ccccc3)=C1c1ccc(-c3ccccc3)nc1P2(=O)c1cccc(-c2ccccc2)n1. The average Bonchev–Trinajstić information content (AvgIpc) is 3.17. The number of benzene rings is 3. The maximum atomic E-state index is 15.7. The van der Waals surface area contributed by atoms with Crippen LogP contribution in [-0.2, 0) is 4.57 Å². The molecule has 3 aromatic carbocycles. The van der Waals surface area contributed by atoms with E-state index in [0.717, 1.165) is 50.1 Å². The second-order valence-corrected chi connectivity index (χ2v) is 12.8. The van der Waals surface area contributed by atoms with E-state index in [0.29, 0.717) is 10.9 Å². The maximum absolute atomic E-state index is 15.7. The molecule has 2 unspecified atom stereocenters. The van der Waals surface area contributed by atoms with E-state index < -0.39 is 7.14 Å². The highest BCUT2D eigenvalue weighted by molar-refractivity contribution is 7.82. The molecule has 0 N–H and O–H groups in total. The maximum Gasteiger partial charge on any atom is 0.203 e. The van der Waals surface area contributed by atoms with E-state index in [-0.39, 0.29) is 5.92 Å². The first-order chi connectivity index (χ1) is 19.6. The lowest BCUT2D eigenvalue weighted by Crippen LogP contribution is -2.32. The number of aromatic nitrogens is 2. The lowest BCUT2D eigenvalue weighted by Gasteiger charge is -2.35. The molecule has 0 saturated heterocycles. The van der Waals surface area contributed by atoms with E-state index in [4.69, 9.17) is 9.97 Å². The van der Waals surface area contributed by atoms with Gasteiger partial charge < -0.3 is 4.57 Å². The van der Waals surface area contributed by atoms with Crippen molar-refractivity contribution in [1.29, 1.82) is 0 Å². The van der Waals surface area contributed by atoms with Crippen molar-refractivity contribution in [1.82, 2.24) is 9.97 Å². The number of nitrogens with zero attached hydrogens (tertiary/aromatic N) is 2. The minimum absolute atomic E-state index is 0.0740. The van der Waals surface area contributed by atoms with Gasteiger partial charge in [0, 0.05) is 27.9 Å². The molecule has 7 rings (SSSR count). The summed E-state index contributed by atoms with van der Waals surface area (Å²) < 4.78 is 15.7. The third-order valence-corrected chi connectivity index (χ3v) is 10.9. The van der Waals surface area contributed by atoms with Crippen LogP contribution >= 0.6 is 7.14 Å². The van der Waals surface area contributed by atoms with Crippen molar-refractivity contribution in [3.63, 3.8) is 0 Å². The zero-order valence-corrected chi connectivity index (χ0v) is 23.0. The van der Waals surface area contributed by atoms with Crippen LogP contribution in [0.3, 0.4) is 0 Å². The Kier molecular flexibility index (Phi) is 6.03. The summed E-state index contributed by atoms with van der Waals surface area (Å²) in [6.07, 6.45) is 6.23. The van der Waals surface area contributed by atoms with Gasteiger partial charge in [-0.15, -0.1) is 0 Å². The molecule has 2 aromatic heterocycles. The van der Waals surface area contributed by atoms with Crippen molar-refractivity contribution >= 4 is 29.2 Å². The van der Waals surface area contributed by atoms with Gasteiger partial charge in [-0.3, -0.25) is 0 Å². The predicted octanol–water partition coefficient (Wildman–Crippen LogP) is 8.14. The molecule has 192 valence electrons. The monoisotopic (exact) mass is 534 g/mol. The largest absolute Gasteiger partial charge is 0.306 e. The molecule has 3 nitrogen and oxygen atoms in total. The number of hydrogen-bond acceptors (Lipinski definition) is 3. The third kappa shape index (κ3) is 3.94. The molecule has 2 aliphatic rings. The third-order valence-electron chi connectivity index (χ3n) is 7.80. The summed E-state index contributed by atoms with van der Waals surface area (Å²) in [5.74, 6) is -0.0740. The Labute approximate surface area is 234 Å². The molecule has 0 saturated carbocycles. The van der Waals surface area contributed by atoms with Crippen molar-refractivity contribution in [3.8, 4) is 22.5 Å². The fraction of sp³-hybridized carbons (Fsp3) is 0.0556. The molecule has 3 heterocycles. The van der Waals surface area contributed by atoms with Crippen LogP contribution in [0.25, 0.3) is 33.7 Å². The summed E-state index contributed by atoms with van der Waals surface area (Å²) >= 11 is 0. The van der Waals surface area contributed by atoms with E-state index in [9.17, 15) is 0 Å². The lowest BCUT2D eigenvalue weighted by molar-refractivity contribution is 0.586. The first kappa shape index (κ1) is 24.5. The van der Waals surface area contributed by atoms with Crippen LogP contribution in [0.15, 0.2) is 145 Å². The Morgan fingerprint density at radius 2 is 1.23 bits per heavy atom. The minimum Gasteiger partial charge on any atom is -0.306 e. The van der Waals surface area contributed by atoms with Crippen LogP contribution in [0, 0.1) is 5.92 Å². The normalized spacial score (nSPS) is 19.5. The van der Waals surface area contributed by atoms with Crippen molar-refractivity contribution in [3.05, 3.63) is 156 Å². The van der Waals surface area contributed by atoms with Crippen LogP contribution in [-0.4, -0.2) is 9.97 Å². The summed E-state index contributed by atoms with van der Waals surface area (Å²) in [6, 6.07) is 40.6. The van der Waals surface area contributed by atoms with Gasteiger partial charge in [0.25, 0.3) is 0 Å². The Bertz CT molecular complexity index is 1870. The van der Waals surface area contributed by atoms with Gasteiger partial charge >= 0.3 is 0 Å². The molecular weight excluding hydrogens is 507 g/mol. The highest BCUT2D eigenvalue weighted by Crippen LogP contribution is 2.62. The minimum atomic E-state index is -3.40. The van der Waals surface area contributed by atoms with Gasteiger partial charge in [0.05, 0.1) is 11.4 Å². The van der Waals surface area contributed by atoms with Crippen LogP contribution in [0.4, 0.5) is 0 Å². The number of fused-ring (bicyclic) bond motifs is 4. The first-order valence-electron chi connectivity index (χ1n) is 13.5. The van der Waals surface area contributed by atoms with Gasteiger partial charge in [-0.2, -0.15) is 0 Å². The Morgan fingerprint density at radius 1 is 0.625 bits per heavy atom. The molecule has 0 amide bonds. The van der Waals surface area contributed by atoms with Gasteiger partial charge in [0.1, 0.15) is 10.9 Å². The van der Waals surface area contributed by atoms with E-state index in [1.54, 1.807) is 0 Å². The number of rotatable bonds is 4. The number of pyridine rings is 2. The van der Waals surface area contributed by atoms with Crippen molar-refractivity contribution < 1.29 is 4.57 Å². The molecule has 0 radical (unpaired) electrons. The molecular formula is C36H27N2OP. The quantitative estimate of drug-likeness (QED) is 0.219. The van der Waals surface area contributed by atoms with Gasteiger partial charge in [-0.1, -0.05) is 128 Å². The summed E-state index contributed by atoms with van der Waals surface area (Å²) in [5.41, 5.74) is 9.14. The summed E-state index contributed by atoms with van der Waals surface area (Å²) in [4.78, 5) is 10.2. The van der Waals surface area contributed by atoms with Crippen LogP contribution in [0.1, 0.15) is 18.1 Å². The first-order valence-corrected chi connectivity index (χ1v) is 15.2. The Hall–Kier alpha value is -4.59. The van der Waals surface area contributed by atoms with Crippen molar-refractivity contribution in [2.45, 2.75) is 6.92 Å². The van der Waals surface area contributed by atoms with Crippen molar-refractivity contribution in [2.24, 2.45) is 5.92 Å². The molecule has 2 atom stereocenters. The van der Waals surface area contributed by atoms with Crippen molar-refractivity contribution in [2.75, 3.05) is 0 Å². The molecule has 4 heteroatoms. The second-order valence-electron chi connectivity index (χ2n) is 10.2. The summed E-state index contributed by atoms with van der Waals surface area (Å²) in [6.45, 7) is 2.17. The predicted molar refractivity (Wildman–Crippen MR) is 166 cm³/mol. The number of hydrogen-bond donors (Lipinski definition) is 0. The second kappa shape index (κ2) is 9.86. The van der Waals surface area contributed by atoms with Crippen LogP contribution < -0.4 is 10.9 Å². The van der Waals surface area contributed by atoms with E-state index in [1.807, 2.05) is 97.1 Å². The molecule has 40 heavy (non-hydrogen) atoms. The van der Waals surface area contributed by atoms with Gasteiger partial charge in [0.15, 0.2) is 0 Å². The molecule has 0 fully saturated rings. The molecule has 0 spiro atoms. The summed E-state index contributed by atoms with van der Waals surface area (Å²) in [7, 11) is -3.40. The highest BCUT2D eigenvalue weighted by atomic mass is 31.2. The molecule has 1 aliphatic heterocycles. The zero-order chi connectivity index (χ0) is 27.1. The Balaban J connectivity index is 1.53. The number of allylic oxidation sites excluding steroid dienone is 6. The molecule has 2 bridgehead atoms. The molecule has 5 aromatic rings. The lowest BCUT2D eigenvalue weighted by atomic mass is 9.87. The zero-order valence-electron chi connectivity index (χ0n) is 22.1. The van der Waals surface area contributed by atoms with E-state index >= 15 is 4.57 Å². The average molecular weight is 535 g/mol. The topological polar surface area (TPSA) is 42.9 Å². The fourth-order valence-corrected chi connectivity index (χ4v) is 8.91. The standard InChI is InChI=1S/C36H27N2OP/c1-25-33-21-11-19-29(26-13-5-2-6-14-26)35(25)30-23-24-32(28-17-9-4-10-18-28)38-36(30)40(33,39)34-22-12-20-31(37-34)27-15-7-3-8-16-27/h2-25H,1H3. The smallest absolute Gasteiger partial charge is 0.203 e. The van der Waals surface area contributed by atoms with Crippen LogP contribution in [0.2, 0.25) is 0 Å². The summed E-state index contributed by atoms with van der Waals surface area (Å²) in [5, 5.41) is 0.868. The van der Waals surface area contributed by atoms with E-state index in [2.05, 4.69) is 49.4 Å². The fourth-order valence-electron chi connectivity index (χ4n) is 5.88. The van der Waals surface area contributed by atoms with Crippen LogP contribution in [0.5, 0.6) is 0 Å². The highest BCUT2D eigenvalue weighted by Gasteiger charge is 2.46. The Morgan fingerprint density at radius 3 is 1.88 bits per heavy atom. The van der Waals surface area contributed by atoms with Gasteiger partial charge in [-0.25, -0.2) is 9.97 Å².